The van der Waals surface area contributed by atoms with E-state index in [1.165, 1.54) is 31.7 Å². The number of benzene rings is 1. The molecule has 7 nitrogen and oxygen atoms in total. The summed E-state index contributed by atoms with van der Waals surface area (Å²) in [7, 11) is 0. The Hall–Kier alpha value is -2.83. The van der Waals surface area contributed by atoms with Crippen molar-refractivity contribution in [1.82, 2.24) is 9.80 Å². The highest BCUT2D eigenvalue weighted by Gasteiger charge is 2.26. The predicted molar refractivity (Wildman–Crippen MR) is 108 cm³/mol. The van der Waals surface area contributed by atoms with E-state index in [9.17, 15) is 14.4 Å². The number of hydrogen-bond donors (Lipinski definition) is 0. The smallest absolute Gasteiger partial charge is 0.336 e. The summed E-state index contributed by atoms with van der Waals surface area (Å²) in [5.74, 6) is 1.13. The fourth-order valence-electron chi connectivity index (χ4n) is 4.16. The van der Waals surface area contributed by atoms with E-state index in [1.807, 2.05) is 4.90 Å². The van der Waals surface area contributed by atoms with E-state index < -0.39 is 5.63 Å². The molecule has 154 valence electrons. The topological polar surface area (TPSA) is 80.1 Å². The van der Waals surface area contributed by atoms with E-state index in [0.717, 1.165) is 5.39 Å². The molecule has 2 aromatic rings. The van der Waals surface area contributed by atoms with Crippen LogP contribution in [0.3, 0.4) is 0 Å². The maximum atomic E-state index is 12.5. The molecule has 29 heavy (non-hydrogen) atoms. The Balaban J connectivity index is 1.25. The van der Waals surface area contributed by atoms with Gasteiger partial charge >= 0.3 is 5.63 Å². The number of amides is 2. The standard InChI is InChI=1S/C22H26N2O5/c25-20(13-16-3-1-2-4-16)23-9-11-24(12-10-23)21(26)15-28-18-7-5-17-6-8-22(27)29-19(17)14-18/h5-8,14,16H,1-4,9-13,15H2. The zero-order valence-corrected chi connectivity index (χ0v) is 16.5. The summed E-state index contributed by atoms with van der Waals surface area (Å²) in [4.78, 5) is 39.9. The number of fused-ring (bicyclic) bond motifs is 1. The van der Waals surface area contributed by atoms with Gasteiger partial charge in [-0.05, 0) is 37.0 Å². The largest absolute Gasteiger partial charge is 0.484 e. The lowest BCUT2D eigenvalue weighted by molar-refractivity contribution is -0.141. The zero-order chi connectivity index (χ0) is 20.2. The first-order valence-corrected chi connectivity index (χ1v) is 10.3. The van der Waals surface area contributed by atoms with Gasteiger partial charge in [0.15, 0.2) is 6.61 Å². The molecule has 2 amide bonds. The van der Waals surface area contributed by atoms with Crippen LogP contribution >= 0.6 is 0 Å². The SMILES string of the molecule is O=C(COc1ccc2ccc(=O)oc2c1)N1CCN(C(=O)CC2CCCC2)CC1. The number of ether oxygens (including phenoxy) is 1. The lowest BCUT2D eigenvalue weighted by Crippen LogP contribution is -2.51. The number of nitrogens with zero attached hydrogens (tertiary/aromatic N) is 2. The van der Waals surface area contributed by atoms with Gasteiger partial charge in [0.2, 0.25) is 5.91 Å². The number of piperazine rings is 1. The van der Waals surface area contributed by atoms with E-state index >= 15 is 0 Å². The minimum absolute atomic E-state index is 0.0847. The van der Waals surface area contributed by atoms with Crippen molar-refractivity contribution in [2.45, 2.75) is 32.1 Å². The third-order valence-electron chi connectivity index (χ3n) is 5.88. The van der Waals surface area contributed by atoms with Crippen LogP contribution in [0.1, 0.15) is 32.1 Å². The Bertz CT molecular complexity index is 940. The van der Waals surface area contributed by atoms with E-state index in [2.05, 4.69) is 0 Å². The molecule has 0 radical (unpaired) electrons. The van der Waals surface area contributed by atoms with E-state index in [4.69, 9.17) is 9.15 Å². The van der Waals surface area contributed by atoms with Crippen LogP contribution in [0.15, 0.2) is 39.5 Å². The zero-order valence-electron chi connectivity index (χ0n) is 16.5. The molecular weight excluding hydrogens is 372 g/mol. The van der Waals surface area contributed by atoms with Crippen LogP contribution < -0.4 is 10.4 Å². The Morgan fingerprint density at radius 3 is 2.34 bits per heavy atom. The number of rotatable bonds is 5. The molecule has 2 fully saturated rings. The van der Waals surface area contributed by atoms with Crippen molar-refractivity contribution in [1.29, 1.82) is 0 Å². The minimum Gasteiger partial charge on any atom is -0.484 e. The second-order valence-electron chi connectivity index (χ2n) is 7.86. The summed E-state index contributed by atoms with van der Waals surface area (Å²) >= 11 is 0. The molecule has 4 rings (SSSR count). The lowest BCUT2D eigenvalue weighted by atomic mass is 10.0. The molecule has 2 heterocycles. The third kappa shape index (κ3) is 4.78. The second kappa shape index (κ2) is 8.68. The summed E-state index contributed by atoms with van der Waals surface area (Å²) in [6.45, 7) is 2.14. The first-order valence-electron chi connectivity index (χ1n) is 10.3. The summed E-state index contributed by atoms with van der Waals surface area (Å²) in [5.41, 5.74) is 0.00270. The van der Waals surface area contributed by atoms with Crippen molar-refractivity contribution in [3.63, 3.8) is 0 Å². The van der Waals surface area contributed by atoms with Crippen LogP contribution in [0, 0.1) is 5.92 Å². The van der Waals surface area contributed by atoms with Crippen LogP contribution in [0.4, 0.5) is 0 Å². The predicted octanol–water partition coefficient (Wildman–Crippen LogP) is 2.42. The summed E-state index contributed by atoms with van der Waals surface area (Å²) in [6, 6.07) is 8.19. The molecule has 1 saturated heterocycles. The molecule has 2 aliphatic rings. The third-order valence-corrected chi connectivity index (χ3v) is 5.88. The molecule has 0 bridgehead atoms. The van der Waals surface area contributed by atoms with Crippen LogP contribution in [0.2, 0.25) is 0 Å². The summed E-state index contributed by atoms with van der Waals surface area (Å²) in [6.07, 6.45) is 5.46. The highest BCUT2D eigenvalue weighted by molar-refractivity contribution is 5.80. The van der Waals surface area contributed by atoms with Gasteiger partial charge in [-0.2, -0.15) is 0 Å². The highest BCUT2D eigenvalue weighted by atomic mass is 16.5. The average Bonchev–Trinajstić information content (AvgIpc) is 3.24. The van der Waals surface area contributed by atoms with Crippen molar-refractivity contribution in [2.24, 2.45) is 5.92 Å². The molecule has 0 atom stereocenters. The van der Waals surface area contributed by atoms with Crippen molar-refractivity contribution in [3.8, 4) is 5.75 Å². The highest BCUT2D eigenvalue weighted by Crippen LogP contribution is 2.28. The molecule has 7 heteroatoms. The molecule has 0 unspecified atom stereocenters. The molecule has 1 saturated carbocycles. The Labute approximate surface area is 169 Å². The van der Waals surface area contributed by atoms with Crippen molar-refractivity contribution >= 4 is 22.8 Å². The number of hydrogen-bond acceptors (Lipinski definition) is 5. The number of carbonyl (C=O) groups is 2. The molecule has 0 N–H and O–H groups in total. The summed E-state index contributed by atoms with van der Waals surface area (Å²) < 4.78 is 10.7. The van der Waals surface area contributed by atoms with Crippen LogP contribution in [-0.4, -0.2) is 54.4 Å². The Morgan fingerprint density at radius 1 is 0.966 bits per heavy atom. The van der Waals surface area contributed by atoms with Gasteiger partial charge in [0.1, 0.15) is 11.3 Å². The van der Waals surface area contributed by atoms with Gasteiger partial charge in [-0.25, -0.2) is 4.79 Å². The molecule has 1 aromatic carbocycles. The second-order valence-corrected chi connectivity index (χ2v) is 7.86. The molecule has 1 aliphatic heterocycles. The fourth-order valence-corrected chi connectivity index (χ4v) is 4.16. The van der Waals surface area contributed by atoms with Crippen LogP contribution in [-0.2, 0) is 9.59 Å². The van der Waals surface area contributed by atoms with E-state index in [1.54, 1.807) is 29.2 Å². The lowest BCUT2D eigenvalue weighted by Gasteiger charge is -2.35. The van der Waals surface area contributed by atoms with Crippen molar-refractivity contribution < 1.29 is 18.7 Å². The van der Waals surface area contributed by atoms with Gasteiger partial charge < -0.3 is 19.0 Å². The number of carbonyl (C=O) groups excluding carboxylic acids is 2. The van der Waals surface area contributed by atoms with Crippen LogP contribution in [0.5, 0.6) is 5.75 Å². The van der Waals surface area contributed by atoms with Crippen LogP contribution in [0.25, 0.3) is 11.0 Å². The van der Waals surface area contributed by atoms with Gasteiger partial charge in [-0.15, -0.1) is 0 Å². The maximum Gasteiger partial charge on any atom is 0.336 e. The first kappa shape index (κ1) is 19.5. The first-order chi connectivity index (χ1) is 14.1. The quantitative estimate of drug-likeness (QED) is 0.723. The van der Waals surface area contributed by atoms with Gasteiger partial charge in [-0.3, -0.25) is 9.59 Å². The molecule has 1 aromatic heterocycles. The Kier molecular flexibility index (Phi) is 5.83. The monoisotopic (exact) mass is 398 g/mol. The van der Waals surface area contributed by atoms with E-state index in [0.29, 0.717) is 49.9 Å². The van der Waals surface area contributed by atoms with E-state index in [-0.39, 0.29) is 18.4 Å². The normalized spacial score (nSPS) is 17.7. The minimum atomic E-state index is -0.425. The molecular formula is C22H26N2O5. The molecule has 1 aliphatic carbocycles. The Morgan fingerprint density at radius 2 is 1.62 bits per heavy atom. The fraction of sp³-hybridized carbons (Fsp3) is 0.500. The maximum absolute atomic E-state index is 12.5. The van der Waals surface area contributed by atoms with Gasteiger partial charge in [0.25, 0.3) is 5.91 Å². The van der Waals surface area contributed by atoms with Gasteiger partial charge in [0.05, 0.1) is 0 Å². The van der Waals surface area contributed by atoms with Gasteiger partial charge in [-0.1, -0.05) is 12.8 Å². The average molecular weight is 398 g/mol. The van der Waals surface area contributed by atoms with Crippen molar-refractivity contribution in [3.05, 3.63) is 40.8 Å². The summed E-state index contributed by atoms with van der Waals surface area (Å²) in [5, 5.41) is 0.793. The van der Waals surface area contributed by atoms with Crippen molar-refractivity contribution in [2.75, 3.05) is 32.8 Å². The van der Waals surface area contributed by atoms with Gasteiger partial charge in [0, 0.05) is 50.1 Å². The molecule has 0 spiro atoms.